The van der Waals surface area contributed by atoms with Crippen LogP contribution in [-0.2, 0) is 0 Å². The summed E-state index contributed by atoms with van der Waals surface area (Å²) in [6, 6.07) is 11.0. The lowest BCUT2D eigenvalue weighted by atomic mass is 10.1. The Hall–Kier alpha value is -4.07. The molecule has 0 saturated heterocycles. The molecular formula is C19H13N7O. The summed E-state index contributed by atoms with van der Waals surface area (Å²) in [5.41, 5.74) is 4.02. The van der Waals surface area contributed by atoms with Crippen LogP contribution in [0, 0.1) is 0 Å². The molecule has 0 atom stereocenters. The molecule has 130 valence electrons. The maximum Gasteiger partial charge on any atom is 0.256 e. The summed E-state index contributed by atoms with van der Waals surface area (Å²) in [6.07, 6.45) is 8.44. The van der Waals surface area contributed by atoms with Crippen molar-refractivity contribution >= 4 is 28.4 Å². The summed E-state index contributed by atoms with van der Waals surface area (Å²) in [5, 5.41) is 7.87. The summed E-state index contributed by atoms with van der Waals surface area (Å²) >= 11 is 0. The smallest absolute Gasteiger partial charge is 0.256 e. The Bertz CT molecular complexity index is 1270. The third-order valence-electron chi connectivity index (χ3n) is 4.31. The second-order valence-electron chi connectivity index (χ2n) is 5.96. The molecule has 5 rings (SSSR count). The van der Waals surface area contributed by atoms with E-state index in [0.29, 0.717) is 17.0 Å². The Kier molecular flexibility index (Phi) is 3.39. The van der Waals surface area contributed by atoms with Crippen LogP contribution in [0.25, 0.3) is 27.8 Å². The van der Waals surface area contributed by atoms with E-state index in [1.807, 2.05) is 30.6 Å². The van der Waals surface area contributed by atoms with Gasteiger partial charge < -0.3 is 10.3 Å². The fourth-order valence-electron chi connectivity index (χ4n) is 2.99. The van der Waals surface area contributed by atoms with Crippen LogP contribution in [0.5, 0.6) is 0 Å². The average Bonchev–Trinajstić information content (AvgIpc) is 3.34. The highest BCUT2D eigenvalue weighted by Crippen LogP contribution is 2.29. The van der Waals surface area contributed by atoms with Gasteiger partial charge in [-0.2, -0.15) is 5.10 Å². The molecule has 0 spiro atoms. The van der Waals surface area contributed by atoms with Crippen molar-refractivity contribution in [2.24, 2.45) is 0 Å². The molecule has 0 unspecified atom stereocenters. The number of hydrogen-bond acceptors (Lipinski definition) is 5. The van der Waals surface area contributed by atoms with Crippen LogP contribution in [0.2, 0.25) is 0 Å². The molecule has 0 aliphatic heterocycles. The SMILES string of the molecule is O=C(Nc1ccc2c(-c3ccn4ncnc4c3)c[nH]c2n1)c1ccncc1. The number of nitrogens with zero attached hydrogens (tertiary/aromatic N) is 5. The zero-order valence-electron chi connectivity index (χ0n) is 14.0. The van der Waals surface area contributed by atoms with E-state index in [4.69, 9.17) is 0 Å². The quantitative estimate of drug-likeness (QED) is 0.518. The third-order valence-corrected chi connectivity index (χ3v) is 4.31. The molecule has 0 aromatic carbocycles. The zero-order valence-corrected chi connectivity index (χ0v) is 14.0. The lowest BCUT2D eigenvalue weighted by Gasteiger charge is -2.05. The van der Waals surface area contributed by atoms with E-state index in [1.165, 1.54) is 6.33 Å². The molecule has 0 bridgehead atoms. The predicted octanol–water partition coefficient (Wildman–Crippen LogP) is 2.92. The van der Waals surface area contributed by atoms with Crippen molar-refractivity contribution in [3.63, 3.8) is 0 Å². The van der Waals surface area contributed by atoms with Gasteiger partial charge in [0.15, 0.2) is 5.65 Å². The van der Waals surface area contributed by atoms with Crippen LogP contribution in [0.3, 0.4) is 0 Å². The number of aromatic nitrogens is 6. The van der Waals surface area contributed by atoms with Gasteiger partial charge in [0.1, 0.15) is 17.8 Å². The molecule has 0 aliphatic carbocycles. The molecule has 5 aromatic rings. The molecule has 8 nitrogen and oxygen atoms in total. The van der Waals surface area contributed by atoms with Crippen LogP contribution in [0.4, 0.5) is 5.82 Å². The maximum absolute atomic E-state index is 12.3. The molecule has 5 aromatic heterocycles. The van der Waals surface area contributed by atoms with Gasteiger partial charge in [-0.25, -0.2) is 14.5 Å². The number of nitrogens with one attached hydrogen (secondary N) is 2. The van der Waals surface area contributed by atoms with Gasteiger partial charge in [0.05, 0.1) is 0 Å². The number of H-pyrrole nitrogens is 1. The van der Waals surface area contributed by atoms with Gasteiger partial charge >= 0.3 is 0 Å². The molecule has 2 N–H and O–H groups in total. The van der Waals surface area contributed by atoms with Crippen molar-refractivity contribution in [2.45, 2.75) is 0 Å². The predicted molar refractivity (Wildman–Crippen MR) is 100 cm³/mol. The Balaban J connectivity index is 1.48. The van der Waals surface area contributed by atoms with Gasteiger partial charge in [0, 0.05) is 41.3 Å². The number of carbonyl (C=O) groups is 1. The van der Waals surface area contributed by atoms with Crippen molar-refractivity contribution in [1.29, 1.82) is 0 Å². The minimum Gasteiger partial charge on any atom is -0.345 e. The summed E-state index contributed by atoms with van der Waals surface area (Å²) in [5.74, 6) is 0.249. The van der Waals surface area contributed by atoms with E-state index in [-0.39, 0.29) is 5.91 Å². The van der Waals surface area contributed by atoms with Gasteiger partial charge in [-0.05, 0) is 42.0 Å². The maximum atomic E-state index is 12.3. The number of amides is 1. The molecule has 27 heavy (non-hydrogen) atoms. The number of carbonyl (C=O) groups excluding carboxylic acids is 1. The van der Waals surface area contributed by atoms with E-state index < -0.39 is 0 Å². The highest BCUT2D eigenvalue weighted by molar-refractivity contribution is 6.04. The summed E-state index contributed by atoms with van der Waals surface area (Å²) in [7, 11) is 0. The molecule has 0 radical (unpaired) electrons. The Morgan fingerprint density at radius 2 is 2.00 bits per heavy atom. The topological polar surface area (TPSA) is 101 Å². The number of hydrogen-bond donors (Lipinski definition) is 2. The van der Waals surface area contributed by atoms with Crippen LogP contribution in [0.1, 0.15) is 10.4 Å². The molecule has 1 amide bonds. The number of fused-ring (bicyclic) bond motifs is 2. The van der Waals surface area contributed by atoms with Crippen molar-refractivity contribution < 1.29 is 4.79 Å². The van der Waals surface area contributed by atoms with Gasteiger partial charge in [-0.15, -0.1) is 0 Å². The van der Waals surface area contributed by atoms with E-state index in [1.54, 1.807) is 35.1 Å². The van der Waals surface area contributed by atoms with Crippen molar-refractivity contribution in [3.05, 3.63) is 73.1 Å². The van der Waals surface area contributed by atoms with Gasteiger partial charge in [-0.1, -0.05) is 0 Å². The van der Waals surface area contributed by atoms with E-state index in [2.05, 4.69) is 30.4 Å². The van der Waals surface area contributed by atoms with E-state index in [0.717, 1.165) is 22.2 Å². The lowest BCUT2D eigenvalue weighted by Crippen LogP contribution is -2.12. The first-order valence-corrected chi connectivity index (χ1v) is 8.27. The minimum absolute atomic E-state index is 0.228. The molecule has 8 heteroatoms. The van der Waals surface area contributed by atoms with Gasteiger partial charge in [-0.3, -0.25) is 9.78 Å². The third kappa shape index (κ3) is 2.69. The molecule has 0 saturated carbocycles. The summed E-state index contributed by atoms with van der Waals surface area (Å²) < 4.78 is 1.71. The highest BCUT2D eigenvalue weighted by Gasteiger charge is 2.11. The molecule has 0 aliphatic rings. The van der Waals surface area contributed by atoms with E-state index in [9.17, 15) is 4.79 Å². The average molecular weight is 355 g/mol. The standard InChI is InChI=1S/C19H13N7O/c27-19(12-3-6-20-7-4-12)25-16-2-1-14-15(10-21-18(14)24-16)13-5-8-26-17(9-13)22-11-23-26/h1-11H,(H2,21,24,25,27). The number of aromatic amines is 1. The number of anilines is 1. The van der Waals surface area contributed by atoms with Crippen molar-refractivity contribution in [2.75, 3.05) is 5.32 Å². The number of rotatable bonds is 3. The van der Waals surface area contributed by atoms with Crippen LogP contribution < -0.4 is 5.32 Å². The summed E-state index contributed by atoms with van der Waals surface area (Å²) in [4.78, 5) is 28.1. The first kappa shape index (κ1) is 15.2. The normalized spacial score (nSPS) is 11.1. The monoisotopic (exact) mass is 355 g/mol. The Morgan fingerprint density at radius 1 is 1.11 bits per heavy atom. The number of pyridine rings is 3. The van der Waals surface area contributed by atoms with Crippen LogP contribution in [-0.4, -0.2) is 35.5 Å². The van der Waals surface area contributed by atoms with E-state index >= 15 is 0 Å². The van der Waals surface area contributed by atoms with Crippen LogP contribution >= 0.6 is 0 Å². The van der Waals surface area contributed by atoms with Gasteiger partial charge in [0.25, 0.3) is 5.91 Å². The zero-order chi connectivity index (χ0) is 18.2. The largest absolute Gasteiger partial charge is 0.345 e. The van der Waals surface area contributed by atoms with Crippen molar-refractivity contribution in [1.82, 2.24) is 29.5 Å². The minimum atomic E-state index is -0.228. The Labute approximate surface area is 152 Å². The van der Waals surface area contributed by atoms with Crippen molar-refractivity contribution in [3.8, 4) is 11.1 Å². The molecule has 0 fully saturated rings. The van der Waals surface area contributed by atoms with Gasteiger partial charge in [0.2, 0.25) is 0 Å². The first-order chi connectivity index (χ1) is 13.3. The highest BCUT2D eigenvalue weighted by atomic mass is 16.1. The fourth-order valence-corrected chi connectivity index (χ4v) is 2.99. The second kappa shape index (κ2) is 6.03. The molecular weight excluding hydrogens is 342 g/mol. The Morgan fingerprint density at radius 3 is 2.89 bits per heavy atom. The fraction of sp³-hybridized carbons (Fsp3) is 0. The molecule has 5 heterocycles. The van der Waals surface area contributed by atoms with Crippen LogP contribution in [0.15, 0.2) is 67.5 Å². The lowest BCUT2D eigenvalue weighted by molar-refractivity contribution is 0.102. The summed E-state index contributed by atoms with van der Waals surface area (Å²) in [6.45, 7) is 0. The first-order valence-electron chi connectivity index (χ1n) is 8.27. The second-order valence-corrected chi connectivity index (χ2v) is 5.96.